The fourth-order valence-electron chi connectivity index (χ4n) is 5.14. The van der Waals surface area contributed by atoms with Crippen molar-refractivity contribution in [3.63, 3.8) is 0 Å². The van der Waals surface area contributed by atoms with Crippen molar-refractivity contribution in [3.05, 3.63) is 144 Å². The number of furan rings is 1. The van der Waals surface area contributed by atoms with E-state index < -0.39 is 5.97 Å². The van der Waals surface area contributed by atoms with Crippen molar-refractivity contribution in [2.24, 2.45) is 0 Å². The fourth-order valence-corrected chi connectivity index (χ4v) is 5.14. The summed E-state index contributed by atoms with van der Waals surface area (Å²) in [6.45, 7) is 0. The maximum atomic E-state index is 13.6. The molecule has 1 aliphatic heterocycles. The second-order valence-corrected chi connectivity index (χ2v) is 10.0. The number of fused-ring (bicyclic) bond motifs is 2. The number of Topliss-reactive ketones (excluding diaryl/α,β-unsaturated/α-hetero) is 1. The number of hydrogen-bond donors (Lipinski definition) is 0. The summed E-state index contributed by atoms with van der Waals surface area (Å²) < 4.78 is 23.2. The summed E-state index contributed by atoms with van der Waals surface area (Å²) in [5.74, 6) is 0.894. The molecule has 6 nitrogen and oxygen atoms in total. The average Bonchev–Trinajstić information content (AvgIpc) is 3.59. The van der Waals surface area contributed by atoms with Gasteiger partial charge in [0.2, 0.25) is 5.78 Å². The van der Waals surface area contributed by atoms with Crippen LogP contribution in [0.2, 0.25) is 0 Å². The number of ketones is 1. The molecule has 5 aromatic carbocycles. The second kappa shape index (κ2) is 10.8. The zero-order valence-corrected chi connectivity index (χ0v) is 23.1. The molecule has 0 radical (unpaired) electrons. The molecule has 0 spiro atoms. The number of esters is 1. The predicted octanol–water partition coefficient (Wildman–Crippen LogP) is 8.61. The molecule has 0 N–H and O–H groups in total. The highest BCUT2D eigenvalue weighted by molar-refractivity contribution is 6.15. The molecule has 6 heteroatoms. The van der Waals surface area contributed by atoms with Crippen LogP contribution < -0.4 is 14.2 Å². The second-order valence-electron chi connectivity index (χ2n) is 10.0. The van der Waals surface area contributed by atoms with Crippen molar-refractivity contribution < 1.29 is 28.2 Å². The maximum absolute atomic E-state index is 13.6. The van der Waals surface area contributed by atoms with Crippen LogP contribution in [0.15, 0.2) is 132 Å². The first-order chi connectivity index (χ1) is 21.1. The number of methoxy groups -OCH3 is 1. The molecule has 208 valence electrons. The molecule has 0 bridgehead atoms. The molecule has 0 saturated heterocycles. The lowest BCUT2D eigenvalue weighted by atomic mass is 10.0. The Bertz CT molecular complexity index is 2020. The van der Waals surface area contributed by atoms with Crippen LogP contribution in [-0.4, -0.2) is 18.9 Å². The lowest BCUT2D eigenvalue weighted by Gasteiger charge is -2.07. The van der Waals surface area contributed by atoms with Crippen LogP contribution in [0.25, 0.3) is 39.5 Å². The van der Waals surface area contributed by atoms with Gasteiger partial charge in [-0.3, -0.25) is 4.79 Å². The van der Waals surface area contributed by atoms with Crippen LogP contribution in [0.1, 0.15) is 26.3 Å². The van der Waals surface area contributed by atoms with Crippen LogP contribution in [0, 0.1) is 0 Å². The van der Waals surface area contributed by atoms with E-state index >= 15 is 0 Å². The van der Waals surface area contributed by atoms with Crippen LogP contribution >= 0.6 is 0 Å². The van der Waals surface area contributed by atoms with Gasteiger partial charge in [-0.2, -0.15) is 0 Å². The molecular formula is C37H24O6. The molecule has 43 heavy (non-hydrogen) atoms. The van der Waals surface area contributed by atoms with E-state index in [0.29, 0.717) is 33.8 Å². The highest BCUT2D eigenvalue weighted by Crippen LogP contribution is 2.38. The molecule has 0 atom stereocenters. The van der Waals surface area contributed by atoms with Crippen molar-refractivity contribution in [2.45, 2.75) is 0 Å². The number of rotatable bonds is 6. The van der Waals surface area contributed by atoms with E-state index in [0.717, 1.165) is 22.3 Å². The molecule has 0 unspecified atom stereocenters. The molecule has 1 aliphatic rings. The lowest BCUT2D eigenvalue weighted by molar-refractivity contribution is 0.0736. The van der Waals surface area contributed by atoms with Gasteiger partial charge in [-0.05, 0) is 53.1 Å². The summed E-state index contributed by atoms with van der Waals surface area (Å²) in [6.07, 6.45) is 1.71. The summed E-state index contributed by atoms with van der Waals surface area (Å²) in [6, 6.07) is 37.3. The van der Waals surface area contributed by atoms with E-state index in [1.165, 1.54) is 0 Å². The van der Waals surface area contributed by atoms with E-state index in [1.807, 2.05) is 84.9 Å². The molecule has 7 rings (SSSR count). The number of carbonyl (C=O) groups excluding carboxylic acids is 2. The smallest absolute Gasteiger partial charge is 0.348 e. The monoisotopic (exact) mass is 564 g/mol. The molecule has 6 aromatic rings. The van der Waals surface area contributed by atoms with Gasteiger partial charge in [0.25, 0.3) is 0 Å². The standard InChI is InChI=1S/C37H24O6/c1-40-27-17-19-31-30(21-27)34(36(43-31)26-10-6-3-7-11-26)37(39)41-28-16-18-29-32(22-28)42-33(35(29)38)20-23-12-14-25(15-13-23)24-8-4-2-5-9-24/h2-22H,1H3. The Balaban J connectivity index is 1.16. The van der Waals surface area contributed by atoms with E-state index in [9.17, 15) is 9.59 Å². The normalized spacial score (nSPS) is 13.1. The summed E-state index contributed by atoms with van der Waals surface area (Å²) in [4.78, 5) is 26.7. The van der Waals surface area contributed by atoms with Gasteiger partial charge in [0.1, 0.15) is 34.2 Å². The molecule has 2 heterocycles. The van der Waals surface area contributed by atoms with Crippen molar-refractivity contribution in [1.82, 2.24) is 0 Å². The van der Waals surface area contributed by atoms with Gasteiger partial charge in [0.15, 0.2) is 5.76 Å². The van der Waals surface area contributed by atoms with Gasteiger partial charge in [0, 0.05) is 17.0 Å². The van der Waals surface area contributed by atoms with E-state index in [1.54, 1.807) is 49.6 Å². The number of ether oxygens (including phenoxy) is 3. The Kier molecular flexibility index (Phi) is 6.56. The van der Waals surface area contributed by atoms with Crippen molar-refractivity contribution in [2.75, 3.05) is 7.11 Å². The summed E-state index contributed by atoms with van der Waals surface area (Å²) in [5, 5.41) is 0.569. The van der Waals surface area contributed by atoms with E-state index in [-0.39, 0.29) is 22.9 Å². The Morgan fingerprint density at radius 1 is 0.721 bits per heavy atom. The quantitative estimate of drug-likeness (QED) is 0.115. The molecular weight excluding hydrogens is 540 g/mol. The Morgan fingerprint density at radius 3 is 2.12 bits per heavy atom. The first-order valence-corrected chi connectivity index (χ1v) is 13.7. The number of benzene rings is 5. The minimum atomic E-state index is -0.607. The van der Waals surface area contributed by atoms with Crippen LogP contribution in [-0.2, 0) is 0 Å². The Hall–Kier alpha value is -5.88. The van der Waals surface area contributed by atoms with Gasteiger partial charge in [-0.15, -0.1) is 0 Å². The third kappa shape index (κ3) is 4.96. The zero-order valence-electron chi connectivity index (χ0n) is 23.1. The summed E-state index contributed by atoms with van der Waals surface area (Å²) >= 11 is 0. The highest BCUT2D eigenvalue weighted by atomic mass is 16.5. The summed E-state index contributed by atoms with van der Waals surface area (Å²) in [5.41, 5.74) is 4.96. The van der Waals surface area contributed by atoms with E-state index in [4.69, 9.17) is 18.6 Å². The van der Waals surface area contributed by atoms with Gasteiger partial charge >= 0.3 is 5.97 Å². The fraction of sp³-hybridized carbons (Fsp3) is 0.0270. The predicted molar refractivity (Wildman–Crippen MR) is 164 cm³/mol. The van der Waals surface area contributed by atoms with Crippen LogP contribution in [0.4, 0.5) is 0 Å². The molecule has 0 amide bonds. The third-order valence-electron chi connectivity index (χ3n) is 7.30. The van der Waals surface area contributed by atoms with Crippen molar-refractivity contribution in [3.8, 4) is 39.7 Å². The highest BCUT2D eigenvalue weighted by Gasteiger charge is 2.29. The maximum Gasteiger partial charge on any atom is 0.348 e. The number of carbonyl (C=O) groups is 2. The molecule has 0 fully saturated rings. The van der Waals surface area contributed by atoms with Crippen LogP contribution in [0.5, 0.6) is 17.2 Å². The van der Waals surface area contributed by atoms with E-state index in [2.05, 4.69) is 0 Å². The minimum Gasteiger partial charge on any atom is -0.497 e. The Morgan fingerprint density at radius 2 is 1.40 bits per heavy atom. The lowest BCUT2D eigenvalue weighted by Crippen LogP contribution is -2.09. The third-order valence-corrected chi connectivity index (χ3v) is 7.30. The zero-order chi connectivity index (χ0) is 29.3. The molecule has 1 aromatic heterocycles. The molecule has 0 aliphatic carbocycles. The van der Waals surface area contributed by atoms with Gasteiger partial charge < -0.3 is 18.6 Å². The largest absolute Gasteiger partial charge is 0.497 e. The van der Waals surface area contributed by atoms with Crippen LogP contribution in [0.3, 0.4) is 0 Å². The number of allylic oxidation sites excluding steroid dienone is 1. The number of hydrogen-bond acceptors (Lipinski definition) is 6. The van der Waals surface area contributed by atoms with Crippen molar-refractivity contribution in [1.29, 1.82) is 0 Å². The van der Waals surface area contributed by atoms with Gasteiger partial charge in [-0.1, -0.05) is 84.9 Å². The topological polar surface area (TPSA) is 75.0 Å². The average molecular weight is 565 g/mol. The first kappa shape index (κ1) is 26.0. The Labute approximate surface area is 247 Å². The van der Waals surface area contributed by atoms with Crippen molar-refractivity contribution >= 4 is 28.8 Å². The van der Waals surface area contributed by atoms with Gasteiger partial charge in [0.05, 0.1) is 12.7 Å². The SMILES string of the molecule is COc1ccc2oc(-c3ccccc3)c(C(=O)Oc3ccc4c(c3)OC(=Cc3ccc(-c5ccccc5)cc3)C4=O)c2c1. The molecule has 0 saturated carbocycles. The summed E-state index contributed by atoms with van der Waals surface area (Å²) in [7, 11) is 1.56. The minimum absolute atomic E-state index is 0.199. The van der Waals surface area contributed by atoms with Gasteiger partial charge in [-0.25, -0.2) is 4.79 Å². The first-order valence-electron chi connectivity index (χ1n) is 13.7.